The molecule has 0 aliphatic heterocycles. The van der Waals surface area contributed by atoms with E-state index in [0.29, 0.717) is 16.8 Å². The Kier molecular flexibility index (Phi) is 7.22. The van der Waals surface area contributed by atoms with Crippen LogP contribution < -0.4 is 0 Å². The van der Waals surface area contributed by atoms with Crippen LogP contribution in [-0.2, 0) is 10.8 Å². The van der Waals surface area contributed by atoms with Gasteiger partial charge >= 0.3 is 0 Å². The first-order valence-corrected chi connectivity index (χ1v) is 21.4. The first kappa shape index (κ1) is 34.8. The van der Waals surface area contributed by atoms with Gasteiger partial charge in [0.2, 0.25) is 0 Å². The van der Waals surface area contributed by atoms with Gasteiger partial charge in [0.15, 0.2) is 0 Å². The summed E-state index contributed by atoms with van der Waals surface area (Å²) in [6, 6.07) is 48.9. The molecule has 0 bridgehead atoms. The SMILES string of the molecule is CC(C)(C)c1c(C#N)c(-n2c3ccccc3c3ccc4c5ccccc5sc4c32)c(C#N)c(C(C)(C)C)c1-n1c2ccccc2c2ccc3c4ccccc4sc3c21. The van der Waals surface area contributed by atoms with Crippen LogP contribution in [0.1, 0.15) is 63.8 Å². The molecule has 7 aromatic carbocycles. The van der Waals surface area contributed by atoms with Gasteiger partial charge in [-0.3, -0.25) is 0 Å². The Bertz CT molecular complexity index is 3620. The molecule has 0 spiro atoms. The van der Waals surface area contributed by atoms with Gasteiger partial charge in [-0.1, -0.05) is 139 Å². The number of para-hydroxylation sites is 2. The van der Waals surface area contributed by atoms with Gasteiger partial charge in [0, 0.05) is 63.6 Å². The second-order valence-electron chi connectivity index (χ2n) is 17.5. The molecular formula is C52H38N4S2. The molecule has 0 saturated carbocycles. The summed E-state index contributed by atoms with van der Waals surface area (Å²) in [6.07, 6.45) is 0. The summed E-state index contributed by atoms with van der Waals surface area (Å²) in [5.41, 5.74) is 7.67. The molecule has 0 unspecified atom stereocenters. The molecule has 0 radical (unpaired) electrons. The third-order valence-electron chi connectivity index (χ3n) is 12.0. The van der Waals surface area contributed by atoms with Crippen molar-refractivity contribution in [1.82, 2.24) is 9.13 Å². The molecule has 6 heteroatoms. The normalized spacial score (nSPS) is 12.6. The predicted octanol–water partition coefficient (Wildman–Crippen LogP) is 15.0. The fourth-order valence-corrected chi connectivity index (χ4v) is 12.3. The highest BCUT2D eigenvalue weighted by Crippen LogP contribution is 2.51. The summed E-state index contributed by atoms with van der Waals surface area (Å²) in [4.78, 5) is 0. The Balaban J connectivity index is 1.42. The van der Waals surface area contributed by atoms with Gasteiger partial charge in [-0.2, -0.15) is 10.5 Å². The second-order valence-corrected chi connectivity index (χ2v) is 19.6. The van der Waals surface area contributed by atoms with Crippen LogP contribution in [-0.4, -0.2) is 9.13 Å². The highest BCUT2D eigenvalue weighted by Gasteiger charge is 2.38. The molecule has 0 fully saturated rings. The summed E-state index contributed by atoms with van der Waals surface area (Å²) < 4.78 is 9.48. The number of nitriles is 2. The van der Waals surface area contributed by atoms with E-state index >= 15 is 0 Å². The number of nitrogens with zero attached hydrogens (tertiary/aromatic N) is 4. The van der Waals surface area contributed by atoms with Crippen LogP contribution in [0, 0.1) is 22.7 Å². The fourth-order valence-electron chi connectivity index (χ4n) is 9.78. The minimum absolute atomic E-state index is 0.513. The molecule has 0 atom stereocenters. The Morgan fingerprint density at radius 1 is 0.414 bits per heavy atom. The molecule has 4 aromatic heterocycles. The summed E-state index contributed by atoms with van der Waals surface area (Å²) >= 11 is 3.59. The Morgan fingerprint density at radius 2 is 0.776 bits per heavy atom. The van der Waals surface area contributed by atoms with Gasteiger partial charge in [0.25, 0.3) is 0 Å². The van der Waals surface area contributed by atoms with E-state index in [4.69, 9.17) is 0 Å². The van der Waals surface area contributed by atoms with Gasteiger partial charge in [-0.05, 0) is 35.1 Å². The zero-order valence-electron chi connectivity index (χ0n) is 33.2. The van der Waals surface area contributed by atoms with E-state index in [1.165, 1.54) is 35.6 Å². The minimum Gasteiger partial charge on any atom is -0.307 e. The first-order valence-electron chi connectivity index (χ1n) is 19.7. The molecule has 0 saturated heterocycles. The van der Waals surface area contributed by atoms with Crippen molar-refractivity contribution in [3.05, 3.63) is 144 Å². The van der Waals surface area contributed by atoms with Crippen molar-refractivity contribution in [2.75, 3.05) is 0 Å². The van der Waals surface area contributed by atoms with Crippen LogP contribution in [0.3, 0.4) is 0 Å². The van der Waals surface area contributed by atoms with E-state index < -0.39 is 10.8 Å². The molecular weight excluding hydrogens is 745 g/mol. The van der Waals surface area contributed by atoms with Gasteiger partial charge in [0.05, 0.1) is 54.0 Å². The van der Waals surface area contributed by atoms with Crippen molar-refractivity contribution in [3.8, 4) is 23.5 Å². The smallest absolute Gasteiger partial charge is 0.102 e. The number of hydrogen-bond acceptors (Lipinski definition) is 4. The van der Waals surface area contributed by atoms with E-state index in [1.807, 2.05) is 11.3 Å². The monoisotopic (exact) mass is 782 g/mol. The molecule has 0 N–H and O–H groups in total. The van der Waals surface area contributed by atoms with E-state index in [1.54, 1.807) is 11.3 Å². The lowest BCUT2D eigenvalue weighted by molar-refractivity contribution is 0.561. The number of hydrogen-bond donors (Lipinski definition) is 0. The maximum absolute atomic E-state index is 11.8. The summed E-state index contributed by atoms with van der Waals surface area (Å²) in [7, 11) is 0. The highest BCUT2D eigenvalue weighted by molar-refractivity contribution is 7.27. The predicted molar refractivity (Wildman–Crippen MR) is 248 cm³/mol. The summed E-state index contributed by atoms with van der Waals surface area (Å²) in [5.74, 6) is 0. The Labute approximate surface area is 344 Å². The van der Waals surface area contributed by atoms with Crippen molar-refractivity contribution in [1.29, 1.82) is 10.5 Å². The van der Waals surface area contributed by atoms with E-state index in [-0.39, 0.29) is 0 Å². The third kappa shape index (κ3) is 4.59. The van der Waals surface area contributed by atoms with Gasteiger partial charge in [0.1, 0.15) is 12.1 Å². The van der Waals surface area contributed by atoms with Gasteiger partial charge < -0.3 is 9.13 Å². The van der Waals surface area contributed by atoms with Crippen molar-refractivity contribution >= 4 is 107 Å². The van der Waals surface area contributed by atoms with Crippen LogP contribution in [0.25, 0.3) is 95.3 Å². The molecule has 0 amide bonds. The topological polar surface area (TPSA) is 57.4 Å². The first-order chi connectivity index (χ1) is 28.0. The summed E-state index contributed by atoms with van der Waals surface area (Å²) in [6.45, 7) is 13.3. The van der Waals surface area contributed by atoms with Crippen molar-refractivity contribution < 1.29 is 0 Å². The molecule has 11 aromatic rings. The van der Waals surface area contributed by atoms with E-state index in [9.17, 15) is 10.5 Å². The van der Waals surface area contributed by atoms with Crippen LogP contribution in [0.5, 0.6) is 0 Å². The van der Waals surface area contributed by atoms with Crippen molar-refractivity contribution in [2.45, 2.75) is 52.4 Å². The molecule has 4 heterocycles. The largest absolute Gasteiger partial charge is 0.307 e. The number of benzene rings is 7. The number of thiophene rings is 2. The second kappa shape index (κ2) is 12.0. The maximum Gasteiger partial charge on any atom is 0.102 e. The van der Waals surface area contributed by atoms with Gasteiger partial charge in [-0.25, -0.2) is 0 Å². The quantitative estimate of drug-likeness (QED) is 0.175. The maximum atomic E-state index is 11.8. The highest BCUT2D eigenvalue weighted by atomic mass is 32.1. The fraction of sp³-hybridized carbons (Fsp3) is 0.154. The van der Waals surface area contributed by atoms with Gasteiger partial charge in [-0.15, -0.1) is 22.7 Å². The lowest BCUT2D eigenvalue weighted by atomic mass is 9.73. The molecule has 4 nitrogen and oxygen atoms in total. The minimum atomic E-state index is -0.513. The molecule has 58 heavy (non-hydrogen) atoms. The standard InChI is InChI=1S/C52H38N4S2/c1-51(2,3)43-37(27-53)45(55-39-19-11-7-15-29(39)33-23-25-35-31-17-9-13-21-41(31)57-49(35)46(33)55)38(28-54)44(52(4,5)6)48(43)56-40-20-12-8-16-30(40)34-24-26-36-32-18-10-14-22-42(32)58-50(36)47(34)56/h7-26H,1-6H3. The summed E-state index contributed by atoms with van der Waals surface area (Å²) in [5, 5.41) is 32.9. The van der Waals surface area contributed by atoms with Crippen LogP contribution >= 0.6 is 22.7 Å². The van der Waals surface area contributed by atoms with Crippen LogP contribution in [0.2, 0.25) is 0 Å². The van der Waals surface area contributed by atoms with E-state index in [0.717, 1.165) is 65.1 Å². The lowest BCUT2D eigenvalue weighted by Gasteiger charge is -2.35. The molecule has 11 rings (SSSR count). The molecule has 0 aliphatic carbocycles. The Hall–Kier alpha value is -6.44. The molecule has 278 valence electrons. The lowest BCUT2D eigenvalue weighted by Crippen LogP contribution is -2.27. The Morgan fingerprint density at radius 3 is 1.19 bits per heavy atom. The van der Waals surface area contributed by atoms with Crippen molar-refractivity contribution in [3.63, 3.8) is 0 Å². The van der Waals surface area contributed by atoms with Crippen LogP contribution in [0.15, 0.2) is 121 Å². The molecule has 0 aliphatic rings. The zero-order valence-corrected chi connectivity index (χ0v) is 34.8. The number of fused-ring (bicyclic) bond motifs is 14. The average molecular weight is 783 g/mol. The van der Waals surface area contributed by atoms with Crippen LogP contribution in [0.4, 0.5) is 0 Å². The van der Waals surface area contributed by atoms with E-state index in [2.05, 4.69) is 184 Å². The average Bonchev–Trinajstić information content (AvgIpc) is 3.96. The third-order valence-corrected chi connectivity index (χ3v) is 14.4. The number of rotatable bonds is 2. The van der Waals surface area contributed by atoms with Crippen molar-refractivity contribution in [2.24, 2.45) is 0 Å². The zero-order chi connectivity index (χ0) is 39.8. The number of aromatic nitrogens is 2.